The minimum atomic E-state index is 0.273. The summed E-state index contributed by atoms with van der Waals surface area (Å²) in [6.07, 6.45) is 3.20. The standard InChI is InChI=1S/C5H11N3.C2H6/c1-4(6)2-3-5(7)8;1-2/h2-3H,6-8H2,1H3;1-2H3/b4-2-;. The molecule has 0 heterocycles. The first kappa shape index (κ1) is 11.6. The molecule has 0 unspecified atom stereocenters. The molecule has 0 bridgehead atoms. The van der Waals surface area contributed by atoms with Gasteiger partial charge in [0.1, 0.15) is 0 Å². The normalized spacial score (nSPS) is 9.30. The van der Waals surface area contributed by atoms with Crippen LogP contribution in [0.25, 0.3) is 0 Å². The Morgan fingerprint density at radius 1 is 1.00 bits per heavy atom. The summed E-state index contributed by atoms with van der Waals surface area (Å²) in [4.78, 5) is 0. The van der Waals surface area contributed by atoms with E-state index < -0.39 is 0 Å². The third kappa shape index (κ3) is 15.8. The molecule has 0 amide bonds. The molecule has 0 fully saturated rings. The minimum absolute atomic E-state index is 0.273. The Hall–Kier alpha value is -1.12. The molecule has 0 radical (unpaired) electrons. The van der Waals surface area contributed by atoms with Crippen molar-refractivity contribution < 1.29 is 0 Å². The van der Waals surface area contributed by atoms with E-state index in [2.05, 4.69) is 0 Å². The smallest absolute Gasteiger partial charge is 0.0934 e. The highest BCUT2D eigenvalue weighted by Crippen LogP contribution is 1.80. The first-order valence-electron chi connectivity index (χ1n) is 3.28. The summed E-state index contributed by atoms with van der Waals surface area (Å²) < 4.78 is 0. The van der Waals surface area contributed by atoms with Crippen LogP contribution in [0.1, 0.15) is 20.8 Å². The Labute approximate surface area is 62.6 Å². The van der Waals surface area contributed by atoms with Gasteiger partial charge >= 0.3 is 0 Å². The van der Waals surface area contributed by atoms with E-state index in [1.165, 1.54) is 0 Å². The Balaban J connectivity index is 0. The van der Waals surface area contributed by atoms with Gasteiger partial charge in [0, 0.05) is 5.70 Å². The van der Waals surface area contributed by atoms with E-state index in [1.54, 1.807) is 19.1 Å². The molecular formula is C7H17N3. The fraction of sp³-hybridized carbons (Fsp3) is 0.429. The Kier molecular flexibility index (Phi) is 9.18. The van der Waals surface area contributed by atoms with Gasteiger partial charge in [0.2, 0.25) is 0 Å². The quantitative estimate of drug-likeness (QED) is 0.471. The molecule has 0 spiro atoms. The fourth-order valence-corrected chi connectivity index (χ4v) is 0.228. The Morgan fingerprint density at radius 2 is 1.40 bits per heavy atom. The van der Waals surface area contributed by atoms with Crippen LogP contribution in [-0.2, 0) is 0 Å². The summed E-state index contributed by atoms with van der Waals surface area (Å²) in [5.41, 5.74) is 16.1. The van der Waals surface area contributed by atoms with Crippen molar-refractivity contribution >= 4 is 0 Å². The maximum atomic E-state index is 5.25. The average Bonchev–Trinajstić information content (AvgIpc) is 1.89. The van der Waals surface area contributed by atoms with Crippen molar-refractivity contribution in [3.8, 4) is 0 Å². The van der Waals surface area contributed by atoms with Gasteiger partial charge in [-0.15, -0.1) is 0 Å². The summed E-state index contributed by atoms with van der Waals surface area (Å²) in [5.74, 6) is 0.273. The van der Waals surface area contributed by atoms with Crippen LogP contribution < -0.4 is 17.2 Å². The fourth-order valence-electron chi connectivity index (χ4n) is 0.228. The summed E-state index contributed by atoms with van der Waals surface area (Å²) in [7, 11) is 0. The van der Waals surface area contributed by atoms with Gasteiger partial charge < -0.3 is 17.2 Å². The van der Waals surface area contributed by atoms with Gasteiger partial charge in [0.25, 0.3) is 0 Å². The average molecular weight is 143 g/mol. The molecule has 3 heteroatoms. The highest BCUT2D eigenvalue weighted by Gasteiger charge is 1.72. The van der Waals surface area contributed by atoms with Crippen molar-refractivity contribution in [3.05, 3.63) is 23.7 Å². The second-order valence-electron chi connectivity index (χ2n) is 1.58. The third-order valence-electron chi connectivity index (χ3n) is 0.539. The number of hydrogen-bond acceptors (Lipinski definition) is 3. The zero-order chi connectivity index (χ0) is 8.57. The van der Waals surface area contributed by atoms with Crippen molar-refractivity contribution in [2.45, 2.75) is 20.8 Å². The number of allylic oxidation sites excluding steroid dienone is 3. The lowest BCUT2D eigenvalue weighted by Gasteiger charge is -1.85. The van der Waals surface area contributed by atoms with Crippen LogP contribution in [0, 0.1) is 0 Å². The van der Waals surface area contributed by atoms with E-state index in [-0.39, 0.29) is 5.82 Å². The molecule has 6 N–H and O–H groups in total. The molecular weight excluding hydrogens is 126 g/mol. The highest BCUT2D eigenvalue weighted by molar-refractivity contribution is 5.10. The molecule has 0 rings (SSSR count). The van der Waals surface area contributed by atoms with Gasteiger partial charge in [-0.25, -0.2) is 0 Å². The maximum absolute atomic E-state index is 5.25. The Bertz CT molecular complexity index is 101. The molecule has 3 nitrogen and oxygen atoms in total. The molecule has 0 aliphatic carbocycles. The molecule has 10 heavy (non-hydrogen) atoms. The summed E-state index contributed by atoms with van der Waals surface area (Å²) in [5, 5.41) is 0. The monoisotopic (exact) mass is 143 g/mol. The van der Waals surface area contributed by atoms with Crippen molar-refractivity contribution in [3.63, 3.8) is 0 Å². The zero-order valence-corrected chi connectivity index (χ0v) is 6.89. The van der Waals surface area contributed by atoms with Crippen LogP contribution in [0.2, 0.25) is 0 Å². The van der Waals surface area contributed by atoms with E-state index in [0.717, 1.165) is 0 Å². The molecule has 0 aliphatic rings. The lowest BCUT2D eigenvalue weighted by atomic mass is 10.4. The summed E-state index contributed by atoms with van der Waals surface area (Å²) in [6.45, 7) is 5.76. The van der Waals surface area contributed by atoms with Crippen LogP contribution in [0.4, 0.5) is 0 Å². The van der Waals surface area contributed by atoms with Crippen LogP contribution in [0.15, 0.2) is 23.7 Å². The van der Waals surface area contributed by atoms with Gasteiger partial charge in [-0.05, 0) is 19.1 Å². The van der Waals surface area contributed by atoms with Crippen molar-refractivity contribution in [2.24, 2.45) is 17.2 Å². The molecule has 0 saturated carbocycles. The van der Waals surface area contributed by atoms with Gasteiger partial charge in [-0.1, -0.05) is 13.8 Å². The molecule has 0 aromatic heterocycles. The molecule has 0 aliphatic heterocycles. The topological polar surface area (TPSA) is 78.1 Å². The van der Waals surface area contributed by atoms with Gasteiger partial charge in [-0.2, -0.15) is 0 Å². The van der Waals surface area contributed by atoms with Gasteiger partial charge in [-0.3, -0.25) is 0 Å². The highest BCUT2D eigenvalue weighted by atomic mass is 14.8. The van der Waals surface area contributed by atoms with Crippen LogP contribution >= 0.6 is 0 Å². The molecule has 0 atom stereocenters. The Morgan fingerprint density at radius 3 is 1.50 bits per heavy atom. The first-order valence-corrected chi connectivity index (χ1v) is 3.28. The molecule has 0 aromatic rings. The second-order valence-corrected chi connectivity index (χ2v) is 1.58. The lowest BCUT2D eigenvalue weighted by molar-refractivity contribution is 1.24. The molecule has 0 aromatic carbocycles. The maximum Gasteiger partial charge on any atom is 0.0934 e. The van der Waals surface area contributed by atoms with E-state index in [1.807, 2.05) is 13.8 Å². The zero-order valence-electron chi connectivity index (χ0n) is 6.89. The van der Waals surface area contributed by atoms with Gasteiger partial charge in [0.05, 0.1) is 5.82 Å². The predicted octanol–water partition coefficient (Wildman–Crippen LogP) is 0.634. The minimum Gasteiger partial charge on any atom is -0.402 e. The van der Waals surface area contributed by atoms with E-state index in [0.29, 0.717) is 5.70 Å². The summed E-state index contributed by atoms with van der Waals surface area (Å²) in [6, 6.07) is 0. The third-order valence-corrected chi connectivity index (χ3v) is 0.539. The van der Waals surface area contributed by atoms with Crippen LogP contribution in [0.3, 0.4) is 0 Å². The van der Waals surface area contributed by atoms with E-state index in [9.17, 15) is 0 Å². The second kappa shape index (κ2) is 7.88. The van der Waals surface area contributed by atoms with E-state index in [4.69, 9.17) is 17.2 Å². The van der Waals surface area contributed by atoms with Crippen molar-refractivity contribution in [1.82, 2.24) is 0 Å². The SMILES string of the molecule is C/C(N)=C/C=C(N)N.CC. The molecule has 0 saturated heterocycles. The molecule has 60 valence electrons. The number of hydrogen-bond donors (Lipinski definition) is 3. The van der Waals surface area contributed by atoms with Crippen molar-refractivity contribution in [2.75, 3.05) is 0 Å². The van der Waals surface area contributed by atoms with Crippen LogP contribution in [0.5, 0.6) is 0 Å². The van der Waals surface area contributed by atoms with Gasteiger partial charge in [0.15, 0.2) is 0 Å². The number of rotatable bonds is 1. The van der Waals surface area contributed by atoms with Crippen LogP contribution in [-0.4, -0.2) is 0 Å². The predicted molar refractivity (Wildman–Crippen MR) is 45.8 cm³/mol. The van der Waals surface area contributed by atoms with E-state index >= 15 is 0 Å². The van der Waals surface area contributed by atoms with Crippen molar-refractivity contribution in [1.29, 1.82) is 0 Å². The summed E-state index contributed by atoms with van der Waals surface area (Å²) >= 11 is 0. The largest absolute Gasteiger partial charge is 0.402 e. The first-order chi connectivity index (χ1) is 4.63. The number of nitrogens with two attached hydrogens (primary N) is 3. The lowest BCUT2D eigenvalue weighted by Crippen LogP contribution is -2.07.